The standard InChI is InChI=1S/C13H19N3O3S/c1-17-6-7-18-8-9-19-12-4-2-11(3-5-12)10-15-16-13(14)20/h2-5,10H,6-9H2,1H3,(H3,14,16,20)/b15-10+. The summed E-state index contributed by atoms with van der Waals surface area (Å²) in [5, 5.41) is 3.99. The van der Waals surface area contributed by atoms with Crippen molar-refractivity contribution in [2.45, 2.75) is 0 Å². The van der Waals surface area contributed by atoms with E-state index in [0.29, 0.717) is 26.4 Å². The lowest BCUT2D eigenvalue weighted by atomic mass is 10.2. The third kappa shape index (κ3) is 7.67. The van der Waals surface area contributed by atoms with Crippen molar-refractivity contribution in [3.05, 3.63) is 29.8 Å². The summed E-state index contributed by atoms with van der Waals surface area (Å²) >= 11 is 4.63. The smallest absolute Gasteiger partial charge is 0.184 e. The summed E-state index contributed by atoms with van der Waals surface area (Å²) in [7, 11) is 1.64. The van der Waals surface area contributed by atoms with Crippen LogP contribution in [-0.2, 0) is 9.47 Å². The number of ether oxygens (including phenoxy) is 3. The summed E-state index contributed by atoms with van der Waals surface area (Å²) in [4.78, 5) is 0. The highest BCUT2D eigenvalue weighted by atomic mass is 32.1. The molecule has 0 amide bonds. The lowest BCUT2D eigenvalue weighted by molar-refractivity contribution is 0.0544. The number of nitrogens with zero attached hydrogens (tertiary/aromatic N) is 1. The molecule has 1 rings (SSSR count). The van der Waals surface area contributed by atoms with Gasteiger partial charge in [0.1, 0.15) is 12.4 Å². The first kappa shape index (κ1) is 16.4. The SMILES string of the molecule is COCCOCCOc1ccc(/C=N/NC(N)=S)cc1. The molecular weight excluding hydrogens is 278 g/mol. The van der Waals surface area contributed by atoms with Crippen LogP contribution in [0.15, 0.2) is 29.4 Å². The molecule has 0 aliphatic rings. The van der Waals surface area contributed by atoms with E-state index in [4.69, 9.17) is 19.9 Å². The van der Waals surface area contributed by atoms with Crippen LogP contribution in [0.5, 0.6) is 5.75 Å². The van der Waals surface area contributed by atoms with E-state index in [2.05, 4.69) is 22.7 Å². The van der Waals surface area contributed by atoms with Crippen molar-refractivity contribution in [3.8, 4) is 5.75 Å². The monoisotopic (exact) mass is 297 g/mol. The highest BCUT2D eigenvalue weighted by Crippen LogP contribution is 2.10. The largest absolute Gasteiger partial charge is 0.491 e. The van der Waals surface area contributed by atoms with Gasteiger partial charge in [-0.2, -0.15) is 5.10 Å². The van der Waals surface area contributed by atoms with Crippen LogP contribution in [0.2, 0.25) is 0 Å². The maximum Gasteiger partial charge on any atom is 0.184 e. The third-order valence-corrected chi connectivity index (χ3v) is 2.29. The number of benzene rings is 1. The Balaban J connectivity index is 2.24. The Hall–Kier alpha value is -1.70. The predicted molar refractivity (Wildman–Crippen MR) is 82.1 cm³/mol. The molecule has 0 bridgehead atoms. The van der Waals surface area contributed by atoms with E-state index in [9.17, 15) is 0 Å². The van der Waals surface area contributed by atoms with Crippen molar-refractivity contribution in [2.24, 2.45) is 10.8 Å². The van der Waals surface area contributed by atoms with E-state index in [1.54, 1.807) is 13.3 Å². The summed E-state index contributed by atoms with van der Waals surface area (Å²) in [6.45, 7) is 2.20. The Morgan fingerprint density at radius 3 is 2.60 bits per heavy atom. The summed E-state index contributed by atoms with van der Waals surface area (Å²) in [6.07, 6.45) is 1.62. The number of nitrogens with one attached hydrogen (secondary N) is 1. The van der Waals surface area contributed by atoms with Gasteiger partial charge in [0.25, 0.3) is 0 Å². The minimum atomic E-state index is 0.134. The van der Waals surface area contributed by atoms with E-state index in [1.807, 2.05) is 24.3 Å². The average molecular weight is 297 g/mol. The second kappa shape index (κ2) is 10.1. The zero-order chi connectivity index (χ0) is 14.6. The van der Waals surface area contributed by atoms with Crippen molar-refractivity contribution in [2.75, 3.05) is 33.5 Å². The van der Waals surface area contributed by atoms with Crippen LogP contribution in [0.25, 0.3) is 0 Å². The summed E-state index contributed by atoms with van der Waals surface area (Å²) < 4.78 is 15.7. The fraction of sp³-hybridized carbons (Fsp3) is 0.385. The highest BCUT2D eigenvalue weighted by molar-refractivity contribution is 7.80. The van der Waals surface area contributed by atoms with Crippen LogP contribution in [0.4, 0.5) is 0 Å². The Labute approximate surface area is 123 Å². The Morgan fingerprint density at radius 2 is 1.95 bits per heavy atom. The predicted octanol–water partition coefficient (Wildman–Crippen LogP) is 0.895. The van der Waals surface area contributed by atoms with E-state index >= 15 is 0 Å². The Kier molecular flexibility index (Phi) is 8.28. The molecule has 1 aromatic carbocycles. The number of hydrogen-bond acceptors (Lipinski definition) is 5. The Morgan fingerprint density at radius 1 is 1.25 bits per heavy atom. The molecular formula is C13H19N3O3S. The number of thiocarbonyl (C=S) groups is 1. The van der Waals surface area contributed by atoms with Crippen LogP contribution >= 0.6 is 12.2 Å². The number of methoxy groups -OCH3 is 1. The first-order valence-electron chi connectivity index (χ1n) is 6.10. The first-order chi connectivity index (χ1) is 9.72. The molecule has 7 heteroatoms. The number of hydrazone groups is 1. The van der Waals surface area contributed by atoms with Crippen LogP contribution < -0.4 is 15.9 Å². The van der Waals surface area contributed by atoms with Gasteiger partial charge in [0.15, 0.2) is 5.11 Å². The number of rotatable bonds is 9. The normalized spacial score (nSPS) is 10.7. The van der Waals surface area contributed by atoms with Crippen LogP contribution in [0.3, 0.4) is 0 Å². The minimum absolute atomic E-state index is 0.134. The van der Waals surface area contributed by atoms with Gasteiger partial charge in [-0.25, -0.2) is 0 Å². The molecule has 3 N–H and O–H groups in total. The molecule has 0 saturated heterocycles. The van der Waals surface area contributed by atoms with E-state index < -0.39 is 0 Å². The molecule has 0 fully saturated rings. The fourth-order valence-corrected chi connectivity index (χ4v) is 1.34. The van der Waals surface area contributed by atoms with Gasteiger partial charge in [-0.15, -0.1) is 0 Å². The van der Waals surface area contributed by atoms with Gasteiger partial charge in [0, 0.05) is 7.11 Å². The minimum Gasteiger partial charge on any atom is -0.491 e. The maximum absolute atomic E-state index is 5.52. The molecule has 0 atom stereocenters. The second-order valence-corrected chi connectivity index (χ2v) is 4.20. The average Bonchev–Trinajstić information content (AvgIpc) is 2.44. The quantitative estimate of drug-likeness (QED) is 0.305. The van der Waals surface area contributed by atoms with Crippen molar-refractivity contribution < 1.29 is 14.2 Å². The molecule has 0 unspecified atom stereocenters. The molecule has 20 heavy (non-hydrogen) atoms. The fourth-order valence-electron chi connectivity index (χ4n) is 1.28. The molecule has 0 radical (unpaired) electrons. The van der Waals surface area contributed by atoms with Crippen molar-refractivity contribution >= 4 is 23.5 Å². The molecule has 0 aromatic heterocycles. The lowest BCUT2D eigenvalue weighted by Gasteiger charge is -2.07. The van der Waals surface area contributed by atoms with Crippen molar-refractivity contribution in [1.82, 2.24) is 5.43 Å². The van der Waals surface area contributed by atoms with Gasteiger partial charge in [-0.3, -0.25) is 5.43 Å². The van der Waals surface area contributed by atoms with Gasteiger partial charge in [0.05, 0.1) is 26.0 Å². The molecule has 0 aliphatic carbocycles. The number of hydrogen-bond donors (Lipinski definition) is 2. The second-order valence-electron chi connectivity index (χ2n) is 3.76. The van der Waals surface area contributed by atoms with E-state index in [0.717, 1.165) is 11.3 Å². The van der Waals surface area contributed by atoms with Crippen molar-refractivity contribution in [1.29, 1.82) is 0 Å². The molecule has 0 saturated carbocycles. The lowest BCUT2D eigenvalue weighted by Crippen LogP contribution is -2.23. The van der Waals surface area contributed by atoms with Crippen LogP contribution in [0.1, 0.15) is 5.56 Å². The van der Waals surface area contributed by atoms with Gasteiger partial charge in [-0.05, 0) is 42.0 Å². The molecule has 0 spiro atoms. The zero-order valence-electron chi connectivity index (χ0n) is 11.4. The van der Waals surface area contributed by atoms with E-state index in [1.165, 1.54) is 0 Å². The molecule has 1 aromatic rings. The molecule has 110 valence electrons. The summed E-state index contributed by atoms with van der Waals surface area (Å²) in [5.41, 5.74) is 8.65. The van der Waals surface area contributed by atoms with Gasteiger partial charge in [0.2, 0.25) is 0 Å². The topological polar surface area (TPSA) is 78.1 Å². The number of nitrogens with two attached hydrogens (primary N) is 1. The first-order valence-corrected chi connectivity index (χ1v) is 6.51. The van der Waals surface area contributed by atoms with Gasteiger partial charge >= 0.3 is 0 Å². The zero-order valence-corrected chi connectivity index (χ0v) is 12.2. The van der Waals surface area contributed by atoms with Crippen molar-refractivity contribution in [3.63, 3.8) is 0 Å². The van der Waals surface area contributed by atoms with Gasteiger partial charge < -0.3 is 19.9 Å². The molecule has 0 heterocycles. The molecule has 6 nitrogen and oxygen atoms in total. The summed E-state index contributed by atoms with van der Waals surface area (Å²) in [5.74, 6) is 0.778. The van der Waals surface area contributed by atoms with E-state index in [-0.39, 0.29) is 5.11 Å². The highest BCUT2D eigenvalue weighted by Gasteiger charge is 1.94. The van der Waals surface area contributed by atoms with Crippen LogP contribution in [0, 0.1) is 0 Å². The third-order valence-electron chi connectivity index (χ3n) is 2.20. The molecule has 0 aliphatic heterocycles. The van der Waals surface area contributed by atoms with Crippen LogP contribution in [-0.4, -0.2) is 44.9 Å². The Bertz CT molecular complexity index is 423. The summed E-state index contributed by atoms with van der Waals surface area (Å²) in [6, 6.07) is 7.48. The van der Waals surface area contributed by atoms with Gasteiger partial charge in [-0.1, -0.05) is 0 Å². The maximum atomic E-state index is 5.52.